The van der Waals surface area contributed by atoms with Gasteiger partial charge in [0.2, 0.25) is 0 Å². The van der Waals surface area contributed by atoms with Crippen LogP contribution in [-0.4, -0.2) is 53.6 Å². The number of nitrogens with zero attached hydrogens (tertiary/aromatic N) is 4. The Morgan fingerprint density at radius 1 is 1.14 bits per heavy atom. The average Bonchev–Trinajstić information content (AvgIpc) is 2.68. The predicted molar refractivity (Wildman–Crippen MR) is 104 cm³/mol. The third-order valence-electron chi connectivity index (χ3n) is 4.58. The lowest BCUT2D eigenvalue weighted by molar-refractivity contribution is -0.137. The molecule has 29 heavy (non-hydrogen) atoms. The minimum absolute atomic E-state index is 0.296. The van der Waals surface area contributed by atoms with E-state index in [4.69, 9.17) is 0 Å². The van der Waals surface area contributed by atoms with E-state index in [0.717, 1.165) is 30.9 Å². The molecule has 156 valence electrons. The third-order valence-corrected chi connectivity index (χ3v) is 4.58. The van der Waals surface area contributed by atoms with E-state index in [9.17, 15) is 18.0 Å². The number of hydrogen-bond donors (Lipinski definition) is 2. The number of anilines is 2. The summed E-state index contributed by atoms with van der Waals surface area (Å²) >= 11 is 0. The highest BCUT2D eigenvalue weighted by molar-refractivity contribution is 5.88. The van der Waals surface area contributed by atoms with Crippen LogP contribution in [0.15, 0.2) is 36.7 Å². The number of hydrogen-bond acceptors (Lipinski definition) is 5. The van der Waals surface area contributed by atoms with Gasteiger partial charge in [0.05, 0.1) is 5.56 Å². The van der Waals surface area contributed by atoms with E-state index >= 15 is 0 Å². The van der Waals surface area contributed by atoms with Crippen LogP contribution in [-0.2, 0) is 12.7 Å². The number of nitrogens with one attached hydrogen (secondary N) is 2. The molecule has 0 bridgehead atoms. The Hall–Kier alpha value is -2.88. The first-order valence-electron chi connectivity index (χ1n) is 9.35. The molecule has 1 aliphatic heterocycles. The Morgan fingerprint density at radius 3 is 2.52 bits per heavy atom. The summed E-state index contributed by atoms with van der Waals surface area (Å²) in [6.07, 6.45) is -1.85. The predicted octanol–water partition coefficient (Wildman–Crippen LogP) is 2.96. The van der Waals surface area contributed by atoms with Crippen LogP contribution in [0.4, 0.5) is 29.6 Å². The molecule has 1 saturated heterocycles. The first-order valence-corrected chi connectivity index (χ1v) is 9.35. The molecule has 3 rings (SSSR count). The largest absolute Gasteiger partial charge is 0.417 e. The van der Waals surface area contributed by atoms with Crippen molar-refractivity contribution in [3.05, 3.63) is 47.8 Å². The summed E-state index contributed by atoms with van der Waals surface area (Å²) in [5.41, 5.74) is 0.280. The number of alkyl halides is 3. The molecular formula is C19H23F3N6O. The van der Waals surface area contributed by atoms with Gasteiger partial charge in [0.15, 0.2) is 0 Å². The SMILES string of the molecule is CCNC(=O)Nc1cc(CN2CCN(c3ccc(C(F)(F)F)cn3)CC2)ccn1. The Morgan fingerprint density at radius 2 is 1.90 bits per heavy atom. The van der Waals surface area contributed by atoms with E-state index in [-0.39, 0.29) is 6.03 Å². The Labute approximate surface area is 166 Å². The average molecular weight is 408 g/mol. The maximum atomic E-state index is 12.7. The van der Waals surface area contributed by atoms with E-state index in [1.54, 1.807) is 6.20 Å². The third kappa shape index (κ3) is 5.80. The first kappa shape index (κ1) is 20.8. The highest BCUT2D eigenvalue weighted by atomic mass is 19.4. The summed E-state index contributed by atoms with van der Waals surface area (Å²) in [6, 6.07) is 5.91. The summed E-state index contributed by atoms with van der Waals surface area (Å²) < 4.78 is 38.0. The topological polar surface area (TPSA) is 73.4 Å². The van der Waals surface area contributed by atoms with Crippen LogP contribution < -0.4 is 15.5 Å². The number of pyridine rings is 2. The van der Waals surface area contributed by atoms with Gasteiger partial charge in [-0.2, -0.15) is 13.2 Å². The van der Waals surface area contributed by atoms with Crippen molar-refractivity contribution in [3.63, 3.8) is 0 Å². The molecule has 0 aliphatic carbocycles. The van der Waals surface area contributed by atoms with Gasteiger partial charge in [0, 0.05) is 51.7 Å². The molecule has 0 unspecified atom stereocenters. The molecule has 0 radical (unpaired) electrons. The second-order valence-corrected chi connectivity index (χ2v) is 6.70. The smallest absolute Gasteiger partial charge is 0.354 e. The van der Waals surface area contributed by atoms with Crippen LogP contribution in [0.3, 0.4) is 0 Å². The second-order valence-electron chi connectivity index (χ2n) is 6.70. The molecule has 3 heterocycles. The first-order chi connectivity index (χ1) is 13.8. The van der Waals surface area contributed by atoms with Gasteiger partial charge in [-0.25, -0.2) is 14.8 Å². The van der Waals surface area contributed by atoms with E-state index in [1.807, 2.05) is 24.0 Å². The Kier molecular flexibility index (Phi) is 6.53. The minimum Gasteiger partial charge on any atom is -0.354 e. The van der Waals surface area contributed by atoms with Gasteiger partial charge in [0.1, 0.15) is 11.6 Å². The summed E-state index contributed by atoms with van der Waals surface area (Å²) in [5.74, 6) is 1.04. The molecule has 0 atom stereocenters. The monoisotopic (exact) mass is 408 g/mol. The van der Waals surface area contributed by atoms with E-state index < -0.39 is 11.7 Å². The fourth-order valence-corrected chi connectivity index (χ4v) is 3.10. The maximum absolute atomic E-state index is 12.7. The number of rotatable bonds is 5. The zero-order valence-corrected chi connectivity index (χ0v) is 16.0. The zero-order chi connectivity index (χ0) is 20.9. The van der Waals surface area contributed by atoms with E-state index in [0.29, 0.717) is 37.8 Å². The van der Waals surface area contributed by atoms with Crippen molar-refractivity contribution in [2.24, 2.45) is 0 Å². The molecule has 2 aromatic heterocycles. The lowest BCUT2D eigenvalue weighted by Gasteiger charge is -2.35. The summed E-state index contributed by atoms with van der Waals surface area (Å²) in [4.78, 5) is 23.9. The number of amides is 2. The fourth-order valence-electron chi connectivity index (χ4n) is 3.10. The molecule has 1 fully saturated rings. The maximum Gasteiger partial charge on any atom is 0.417 e. The Bertz CT molecular complexity index is 819. The quantitative estimate of drug-likeness (QED) is 0.796. The summed E-state index contributed by atoms with van der Waals surface area (Å²) in [6.45, 7) is 5.92. The fraction of sp³-hybridized carbons (Fsp3) is 0.421. The summed E-state index contributed by atoms with van der Waals surface area (Å²) in [7, 11) is 0. The van der Waals surface area contributed by atoms with Crippen LogP contribution in [0.25, 0.3) is 0 Å². The van der Waals surface area contributed by atoms with Crippen LogP contribution in [0.1, 0.15) is 18.1 Å². The van der Waals surface area contributed by atoms with Gasteiger partial charge in [-0.15, -0.1) is 0 Å². The molecule has 0 saturated carbocycles. The van der Waals surface area contributed by atoms with Gasteiger partial charge in [-0.1, -0.05) is 0 Å². The standard InChI is InChI=1S/C19H23F3N6O/c1-2-23-18(29)26-16-11-14(5-6-24-16)13-27-7-9-28(10-8-27)17-4-3-15(12-25-17)19(20,21)22/h3-6,11-12H,2,7-10,13H2,1H3,(H2,23,24,26,29). The van der Waals surface area contributed by atoms with Gasteiger partial charge in [-0.05, 0) is 36.8 Å². The number of aromatic nitrogens is 2. The van der Waals surface area contributed by atoms with Crippen LogP contribution >= 0.6 is 0 Å². The molecule has 7 nitrogen and oxygen atoms in total. The van der Waals surface area contributed by atoms with Gasteiger partial charge in [-0.3, -0.25) is 10.2 Å². The normalized spacial score (nSPS) is 15.2. The molecule has 1 aliphatic rings. The van der Waals surface area contributed by atoms with Crippen molar-refractivity contribution in [1.82, 2.24) is 20.2 Å². The number of carbonyl (C=O) groups is 1. The number of halogens is 3. The van der Waals surface area contributed by atoms with Gasteiger partial charge < -0.3 is 10.2 Å². The lowest BCUT2D eigenvalue weighted by Crippen LogP contribution is -2.46. The van der Waals surface area contributed by atoms with Crippen LogP contribution in [0, 0.1) is 0 Å². The lowest BCUT2D eigenvalue weighted by atomic mass is 10.2. The molecule has 10 heteroatoms. The molecule has 0 aromatic carbocycles. The molecular weight excluding hydrogens is 385 g/mol. The molecule has 2 N–H and O–H groups in total. The number of urea groups is 1. The van der Waals surface area contributed by atoms with Crippen molar-refractivity contribution in [1.29, 1.82) is 0 Å². The highest BCUT2D eigenvalue weighted by Crippen LogP contribution is 2.29. The Balaban J connectivity index is 1.53. The van der Waals surface area contributed by atoms with Crippen molar-refractivity contribution >= 4 is 17.7 Å². The van der Waals surface area contributed by atoms with Crippen LogP contribution in [0.2, 0.25) is 0 Å². The number of piperazine rings is 1. The van der Waals surface area contributed by atoms with Crippen molar-refractivity contribution in [2.45, 2.75) is 19.6 Å². The highest BCUT2D eigenvalue weighted by Gasteiger charge is 2.31. The molecule has 2 aromatic rings. The second kappa shape index (κ2) is 9.08. The minimum atomic E-state index is -4.38. The van der Waals surface area contributed by atoms with Gasteiger partial charge in [0.25, 0.3) is 0 Å². The number of carbonyl (C=O) groups excluding carboxylic acids is 1. The van der Waals surface area contributed by atoms with Crippen molar-refractivity contribution in [3.8, 4) is 0 Å². The summed E-state index contributed by atoms with van der Waals surface area (Å²) in [5, 5.41) is 5.34. The van der Waals surface area contributed by atoms with E-state index in [1.165, 1.54) is 6.07 Å². The zero-order valence-electron chi connectivity index (χ0n) is 16.0. The van der Waals surface area contributed by atoms with Crippen LogP contribution in [0.5, 0.6) is 0 Å². The van der Waals surface area contributed by atoms with E-state index in [2.05, 4.69) is 25.5 Å². The molecule has 2 amide bonds. The van der Waals surface area contributed by atoms with Crippen molar-refractivity contribution < 1.29 is 18.0 Å². The van der Waals surface area contributed by atoms with Crippen molar-refractivity contribution in [2.75, 3.05) is 42.9 Å². The molecule has 0 spiro atoms. The van der Waals surface area contributed by atoms with Gasteiger partial charge >= 0.3 is 12.2 Å².